The van der Waals surface area contributed by atoms with E-state index >= 15 is 0 Å². The lowest BCUT2D eigenvalue weighted by Gasteiger charge is -1.95. The zero-order valence-corrected chi connectivity index (χ0v) is 12.9. The Morgan fingerprint density at radius 3 is 2.68 bits per heavy atom. The Morgan fingerprint density at radius 2 is 1.95 bits per heavy atom. The van der Waals surface area contributed by atoms with Crippen LogP contribution in [-0.2, 0) is 6.54 Å². The lowest BCUT2D eigenvalue weighted by molar-refractivity contribution is 0.653. The maximum absolute atomic E-state index is 4.66. The minimum atomic E-state index is 0.723. The van der Waals surface area contributed by atoms with Crippen LogP contribution in [0.15, 0.2) is 30.7 Å². The highest BCUT2D eigenvalue weighted by atomic mass is 32.1. The van der Waals surface area contributed by atoms with Crippen molar-refractivity contribution in [1.82, 2.24) is 34.6 Å². The van der Waals surface area contributed by atoms with E-state index in [0.29, 0.717) is 0 Å². The fourth-order valence-corrected chi connectivity index (χ4v) is 3.20. The molecule has 4 rings (SSSR count). The van der Waals surface area contributed by atoms with E-state index in [1.54, 1.807) is 16.9 Å². The molecule has 0 spiro atoms. The molecule has 0 unspecified atom stereocenters. The molecule has 8 heteroatoms. The number of aryl methyl sites for hydroxylation is 2. The van der Waals surface area contributed by atoms with Gasteiger partial charge in [-0.2, -0.15) is 14.7 Å². The molecule has 4 aromatic heterocycles. The van der Waals surface area contributed by atoms with Gasteiger partial charge in [0, 0.05) is 30.7 Å². The van der Waals surface area contributed by atoms with Gasteiger partial charge in [0.05, 0.1) is 11.3 Å². The molecule has 0 aliphatic rings. The third-order valence-electron chi connectivity index (χ3n) is 3.43. The predicted octanol–water partition coefficient (Wildman–Crippen LogP) is 2.44. The third-order valence-corrected chi connectivity index (χ3v) is 4.36. The van der Waals surface area contributed by atoms with Crippen molar-refractivity contribution in [2.45, 2.75) is 20.4 Å². The molecule has 0 amide bonds. The van der Waals surface area contributed by atoms with Crippen molar-refractivity contribution >= 4 is 16.3 Å². The summed E-state index contributed by atoms with van der Waals surface area (Å²) in [5, 5.41) is 18.5. The van der Waals surface area contributed by atoms with Gasteiger partial charge in [0.25, 0.3) is 0 Å². The molecule has 0 aliphatic heterocycles. The first kappa shape index (κ1) is 13.1. The first-order chi connectivity index (χ1) is 10.8. The zero-order chi connectivity index (χ0) is 15.1. The molecule has 0 aliphatic carbocycles. The SMILES string of the molecule is CCn1cc(-c2nn3c(-c4ccncc4)nnc3s2)c(C)n1. The molecule has 0 fully saturated rings. The summed E-state index contributed by atoms with van der Waals surface area (Å²) in [4.78, 5) is 4.79. The van der Waals surface area contributed by atoms with Crippen LogP contribution in [0.1, 0.15) is 12.6 Å². The van der Waals surface area contributed by atoms with E-state index in [-0.39, 0.29) is 0 Å². The van der Waals surface area contributed by atoms with Crippen LogP contribution in [0.25, 0.3) is 26.9 Å². The van der Waals surface area contributed by atoms with Crippen molar-refractivity contribution in [3.05, 3.63) is 36.4 Å². The lowest BCUT2D eigenvalue weighted by atomic mass is 10.2. The van der Waals surface area contributed by atoms with Crippen molar-refractivity contribution in [3.8, 4) is 22.0 Å². The highest BCUT2D eigenvalue weighted by molar-refractivity contribution is 7.19. The van der Waals surface area contributed by atoms with Crippen LogP contribution in [0.2, 0.25) is 0 Å². The Kier molecular flexibility index (Phi) is 2.97. The molecular weight excluding hydrogens is 298 g/mol. The highest BCUT2D eigenvalue weighted by Gasteiger charge is 2.17. The maximum atomic E-state index is 4.66. The number of pyridine rings is 1. The number of hydrogen-bond donors (Lipinski definition) is 0. The molecule has 0 radical (unpaired) electrons. The molecule has 110 valence electrons. The van der Waals surface area contributed by atoms with Crippen molar-refractivity contribution < 1.29 is 0 Å². The van der Waals surface area contributed by atoms with Gasteiger partial charge in [-0.15, -0.1) is 10.2 Å². The smallest absolute Gasteiger partial charge is 0.235 e. The van der Waals surface area contributed by atoms with E-state index < -0.39 is 0 Å². The van der Waals surface area contributed by atoms with Gasteiger partial charge in [-0.3, -0.25) is 9.67 Å². The van der Waals surface area contributed by atoms with Gasteiger partial charge >= 0.3 is 0 Å². The summed E-state index contributed by atoms with van der Waals surface area (Å²) in [6.45, 7) is 4.90. The van der Waals surface area contributed by atoms with Gasteiger partial charge < -0.3 is 0 Å². The van der Waals surface area contributed by atoms with Crippen LogP contribution in [0.3, 0.4) is 0 Å². The van der Waals surface area contributed by atoms with Gasteiger partial charge in [-0.1, -0.05) is 11.3 Å². The maximum Gasteiger partial charge on any atom is 0.235 e. The lowest BCUT2D eigenvalue weighted by Crippen LogP contribution is -1.93. The van der Waals surface area contributed by atoms with Gasteiger partial charge in [0.1, 0.15) is 0 Å². The Balaban J connectivity index is 1.85. The summed E-state index contributed by atoms with van der Waals surface area (Å²) in [5.41, 5.74) is 2.95. The Hall–Kier alpha value is -2.61. The van der Waals surface area contributed by atoms with Crippen molar-refractivity contribution in [1.29, 1.82) is 0 Å². The molecule has 22 heavy (non-hydrogen) atoms. The highest BCUT2D eigenvalue weighted by Crippen LogP contribution is 2.29. The summed E-state index contributed by atoms with van der Waals surface area (Å²) < 4.78 is 3.69. The minimum absolute atomic E-state index is 0.723. The average Bonchev–Trinajstić information content (AvgIpc) is 3.21. The van der Waals surface area contributed by atoms with Crippen LogP contribution in [-0.4, -0.2) is 34.6 Å². The number of fused-ring (bicyclic) bond motifs is 1. The standard InChI is InChI=1S/C14H13N7S/c1-3-20-8-11(9(2)18-20)13-19-21-12(16-17-14(21)22-13)10-4-6-15-7-5-10/h4-8H,3H2,1-2H3. The van der Waals surface area contributed by atoms with Crippen LogP contribution >= 0.6 is 11.3 Å². The summed E-state index contributed by atoms with van der Waals surface area (Å²) in [6.07, 6.45) is 5.49. The second-order valence-corrected chi connectivity index (χ2v) is 5.80. The zero-order valence-electron chi connectivity index (χ0n) is 12.1. The second kappa shape index (κ2) is 4.99. The van der Waals surface area contributed by atoms with Gasteiger partial charge in [0.15, 0.2) is 10.8 Å². The van der Waals surface area contributed by atoms with Crippen LogP contribution in [0, 0.1) is 6.92 Å². The van der Waals surface area contributed by atoms with Crippen molar-refractivity contribution in [3.63, 3.8) is 0 Å². The molecule has 0 saturated carbocycles. The second-order valence-electron chi connectivity index (χ2n) is 4.84. The van der Waals surface area contributed by atoms with Crippen molar-refractivity contribution in [2.75, 3.05) is 0 Å². The molecule has 7 nitrogen and oxygen atoms in total. The van der Waals surface area contributed by atoms with Crippen LogP contribution in [0.5, 0.6) is 0 Å². The largest absolute Gasteiger partial charge is 0.272 e. The fourth-order valence-electron chi connectivity index (χ4n) is 2.30. The minimum Gasteiger partial charge on any atom is -0.272 e. The average molecular weight is 311 g/mol. The Labute approximate surface area is 130 Å². The third kappa shape index (κ3) is 2.00. The molecule has 0 aromatic carbocycles. The van der Waals surface area contributed by atoms with E-state index in [2.05, 4.69) is 32.3 Å². The van der Waals surface area contributed by atoms with E-state index in [0.717, 1.165) is 39.2 Å². The number of hydrogen-bond acceptors (Lipinski definition) is 6. The van der Waals surface area contributed by atoms with Crippen LogP contribution < -0.4 is 0 Å². The normalized spacial score (nSPS) is 11.4. The summed E-state index contributed by atoms with van der Waals surface area (Å²) in [7, 11) is 0. The van der Waals surface area contributed by atoms with E-state index in [1.807, 2.05) is 29.9 Å². The quantitative estimate of drug-likeness (QED) is 0.581. The van der Waals surface area contributed by atoms with Crippen molar-refractivity contribution in [2.24, 2.45) is 0 Å². The van der Waals surface area contributed by atoms with Gasteiger partial charge in [0.2, 0.25) is 4.96 Å². The number of aromatic nitrogens is 7. The van der Waals surface area contributed by atoms with E-state index in [4.69, 9.17) is 0 Å². The summed E-state index contributed by atoms with van der Waals surface area (Å²) >= 11 is 1.51. The first-order valence-electron chi connectivity index (χ1n) is 6.93. The van der Waals surface area contributed by atoms with E-state index in [1.165, 1.54) is 11.3 Å². The summed E-state index contributed by atoms with van der Waals surface area (Å²) in [5.74, 6) is 0.723. The Morgan fingerprint density at radius 1 is 1.14 bits per heavy atom. The molecule has 0 atom stereocenters. The van der Waals surface area contributed by atoms with E-state index in [9.17, 15) is 0 Å². The molecule has 4 heterocycles. The van der Waals surface area contributed by atoms with Crippen LogP contribution in [0.4, 0.5) is 0 Å². The molecular formula is C14H13N7S. The Bertz CT molecular complexity index is 935. The number of nitrogens with zero attached hydrogens (tertiary/aromatic N) is 7. The molecule has 0 saturated heterocycles. The predicted molar refractivity (Wildman–Crippen MR) is 83.5 cm³/mol. The number of rotatable bonds is 3. The van der Waals surface area contributed by atoms with Gasteiger partial charge in [-0.05, 0) is 26.0 Å². The molecule has 0 N–H and O–H groups in total. The van der Waals surface area contributed by atoms with Gasteiger partial charge in [-0.25, -0.2) is 0 Å². The fraction of sp³-hybridized carbons (Fsp3) is 0.214. The monoisotopic (exact) mass is 311 g/mol. The molecule has 4 aromatic rings. The topological polar surface area (TPSA) is 73.8 Å². The first-order valence-corrected chi connectivity index (χ1v) is 7.75. The molecule has 0 bridgehead atoms. The summed E-state index contributed by atoms with van der Waals surface area (Å²) in [6, 6.07) is 3.80.